The molecule has 2 aromatic rings. The number of furan rings is 1. The molecule has 2 heterocycles. The van der Waals surface area contributed by atoms with Gasteiger partial charge in [0.15, 0.2) is 0 Å². The molecule has 0 aromatic carbocycles. The van der Waals surface area contributed by atoms with Gasteiger partial charge in [0, 0.05) is 18.9 Å². The Morgan fingerprint density at radius 2 is 2.06 bits per heavy atom. The maximum atomic E-state index is 11.8. The fourth-order valence-electron chi connectivity index (χ4n) is 1.82. The van der Waals surface area contributed by atoms with E-state index in [0.717, 1.165) is 0 Å². The highest BCUT2D eigenvalue weighted by atomic mass is 16.4. The minimum Gasteiger partial charge on any atom is -0.478 e. The van der Waals surface area contributed by atoms with Crippen LogP contribution in [0.2, 0.25) is 0 Å². The zero-order valence-corrected chi connectivity index (χ0v) is 10.2. The van der Waals surface area contributed by atoms with Gasteiger partial charge in [-0.05, 0) is 19.9 Å². The van der Waals surface area contributed by atoms with Crippen LogP contribution in [0, 0.1) is 6.92 Å². The Morgan fingerprint density at radius 3 is 2.56 bits per heavy atom. The van der Waals surface area contributed by atoms with Gasteiger partial charge >= 0.3 is 11.7 Å². The number of carbonyl (C=O) groups is 1. The summed E-state index contributed by atoms with van der Waals surface area (Å²) < 4.78 is 8.37. The first kappa shape index (κ1) is 12.2. The average Bonchev–Trinajstić information content (AvgIpc) is 2.84. The van der Waals surface area contributed by atoms with Gasteiger partial charge in [0.25, 0.3) is 0 Å². The summed E-state index contributed by atoms with van der Waals surface area (Å²) in [5.41, 5.74) is -0.00333. The summed E-state index contributed by atoms with van der Waals surface area (Å²) in [6.07, 6.45) is 3.35. The first-order valence-electron chi connectivity index (χ1n) is 5.61. The summed E-state index contributed by atoms with van der Waals surface area (Å²) in [5, 5.41) is 8.91. The van der Waals surface area contributed by atoms with Crippen LogP contribution in [0.5, 0.6) is 0 Å². The highest BCUT2D eigenvalue weighted by Crippen LogP contribution is 2.15. The quantitative estimate of drug-likeness (QED) is 0.887. The summed E-state index contributed by atoms with van der Waals surface area (Å²) in [4.78, 5) is 22.7. The fraction of sp³-hybridized carbons (Fsp3) is 0.333. The van der Waals surface area contributed by atoms with Crippen LogP contribution in [0.15, 0.2) is 27.7 Å². The average molecular weight is 250 g/mol. The number of aryl methyl sites for hydroxylation is 2. The lowest BCUT2D eigenvalue weighted by atomic mass is 10.2. The first-order valence-corrected chi connectivity index (χ1v) is 5.61. The second-order valence-electron chi connectivity index (χ2n) is 3.98. The molecule has 18 heavy (non-hydrogen) atoms. The summed E-state index contributed by atoms with van der Waals surface area (Å²) in [6, 6.07) is 1.45. The van der Waals surface area contributed by atoms with Gasteiger partial charge in [0.05, 0.1) is 6.54 Å². The molecule has 2 rings (SSSR count). The van der Waals surface area contributed by atoms with E-state index in [1.807, 2.05) is 6.92 Å². The van der Waals surface area contributed by atoms with Crippen molar-refractivity contribution in [3.8, 4) is 0 Å². The monoisotopic (exact) mass is 250 g/mol. The molecule has 2 aromatic heterocycles. The minimum absolute atomic E-state index is 0.132. The highest BCUT2D eigenvalue weighted by Gasteiger charge is 2.14. The predicted molar refractivity (Wildman–Crippen MR) is 63.9 cm³/mol. The molecule has 0 saturated carbocycles. The lowest BCUT2D eigenvalue weighted by Gasteiger charge is -1.97. The van der Waals surface area contributed by atoms with E-state index in [1.54, 1.807) is 23.9 Å². The van der Waals surface area contributed by atoms with Crippen LogP contribution in [0.3, 0.4) is 0 Å². The van der Waals surface area contributed by atoms with Crippen LogP contribution in [-0.2, 0) is 13.1 Å². The van der Waals surface area contributed by atoms with E-state index in [2.05, 4.69) is 0 Å². The number of nitrogens with zero attached hydrogens (tertiary/aromatic N) is 2. The molecule has 1 N–H and O–H groups in total. The topological polar surface area (TPSA) is 77.4 Å². The number of rotatable bonds is 4. The third kappa shape index (κ3) is 2.09. The standard InChI is InChI=1S/C12H14N2O4/c1-3-13-4-5-14(12(13)17)7-9-6-10(11(15)16)8(2)18-9/h4-6H,3,7H2,1-2H3,(H,15,16). The molecule has 0 amide bonds. The van der Waals surface area contributed by atoms with Crippen LogP contribution in [-0.4, -0.2) is 20.2 Å². The Labute approximate surface area is 103 Å². The summed E-state index contributed by atoms with van der Waals surface area (Å²) in [7, 11) is 0. The lowest BCUT2D eigenvalue weighted by Crippen LogP contribution is -2.23. The molecule has 0 bridgehead atoms. The molecule has 0 fully saturated rings. The SMILES string of the molecule is CCn1ccn(Cc2cc(C(=O)O)c(C)o2)c1=O. The molecule has 0 aliphatic heterocycles. The van der Waals surface area contributed by atoms with E-state index in [-0.39, 0.29) is 17.8 Å². The minimum atomic E-state index is -1.03. The number of carboxylic acid groups (broad SMARTS) is 1. The number of hydrogen-bond donors (Lipinski definition) is 1. The van der Waals surface area contributed by atoms with E-state index in [1.165, 1.54) is 10.6 Å². The van der Waals surface area contributed by atoms with E-state index < -0.39 is 5.97 Å². The molecule has 96 valence electrons. The first-order chi connectivity index (χ1) is 8.52. The zero-order chi connectivity index (χ0) is 13.3. The largest absolute Gasteiger partial charge is 0.478 e. The second kappa shape index (κ2) is 4.56. The van der Waals surface area contributed by atoms with Gasteiger partial charge in [0.1, 0.15) is 17.1 Å². The van der Waals surface area contributed by atoms with Gasteiger partial charge in [-0.2, -0.15) is 0 Å². The highest BCUT2D eigenvalue weighted by molar-refractivity contribution is 5.88. The normalized spacial score (nSPS) is 10.8. The van der Waals surface area contributed by atoms with Crippen LogP contribution in [0.4, 0.5) is 0 Å². The smallest absolute Gasteiger partial charge is 0.339 e. The van der Waals surface area contributed by atoms with Gasteiger partial charge in [-0.3, -0.25) is 9.13 Å². The van der Waals surface area contributed by atoms with Crippen molar-refractivity contribution < 1.29 is 14.3 Å². The van der Waals surface area contributed by atoms with Crippen molar-refractivity contribution in [2.75, 3.05) is 0 Å². The molecule has 0 atom stereocenters. The fourth-order valence-corrected chi connectivity index (χ4v) is 1.82. The van der Waals surface area contributed by atoms with Crippen LogP contribution >= 0.6 is 0 Å². The van der Waals surface area contributed by atoms with Crippen molar-refractivity contribution in [3.63, 3.8) is 0 Å². The van der Waals surface area contributed by atoms with E-state index in [0.29, 0.717) is 18.1 Å². The maximum Gasteiger partial charge on any atom is 0.339 e. The Hall–Kier alpha value is -2.24. The number of carboxylic acids is 1. The molecule has 6 nitrogen and oxygen atoms in total. The van der Waals surface area contributed by atoms with E-state index >= 15 is 0 Å². The van der Waals surface area contributed by atoms with Crippen molar-refractivity contribution in [2.24, 2.45) is 0 Å². The molecule has 0 aliphatic rings. The third-order valence-electron chi connectivity index (χ3n) is 2.78. The Morgan fingerprint density at radius 1 is 1.39 bits per heavy atom. The van der Waals surface area contributed by atoms with E-state index in [4.69, 9.17) is 9.52 Å². The van der Waals surface area contributed by atoms with Crippen LogP contribution in [0.1, 0.15) is 28.8 Å². The second-order valence-corrected chi connectivity index (χ2v) is 3.98. The third-order valence-corrected chi connectivity index (χ3v) is 2.78. The molecular formula is C12H14N2O4. The number of hydrogen-bond acceptors (Lipinski definition) is 3. The predicted octanol–water partition coefficient (Wildman–Crippen LogP) is 1.32. The van der Waals surface area contributed by atoms with Gasteiger partial charge in [-0.25, -0.2) is 9.59 Å². The van der Waals surface area contributed by atoms with Crippen molar-refractivity contribution in [3.05, 3.63) is 46.0 Å². The molecule has 6 heteroatoms. The molecule has 0 spiro atoms. The van der Waals surface area contributed by atoms with Crippen molar-refractivity contribution in [2.45, 2.75) is 26.9 Å². The summed E-state index contributed by atoms with van der Waals surface area (Å²) in [5.74, 6) is -0.220. The zero-order valence-electron chi connectivity index (χ0n) is 10.2. The Kier molecular flexibility index (Phi) is 3.10. The van der Waals surface area contributed by atoms with Gasteiger partial charge < -0.3 is 9.52 Å². The molecule has 0 saturated heterocycles. The van der Waals surface area contributed by atoms with Crippen LogP contribution in [0.25, 0.3) is 0 Å². The maximum absolute atomic E-state index is 11.8. The number of aromatic nitrogens is 2. The molecule has 0 unspecified atom stereocenters. The summed E-state index contributed by atoms with van der Waals surface area (Å²) in [6.45, 7) is 4.31. The lowest BCUT2D eigenvalue weighted by molar-refractivity contribution is 0.0695. The van der Waals surface area contributed by atoms with Gasteiger partial charge in [-0.15, -0.1) is 0 Å². The van der Waals surface area contributed by atoms with Gasteiger partial charge in [-0.1, -0.05) is 0 Å². The van der Waals surface area contributed by atoms with E-state index in [9.17, 15) is 9.59 Å². The summed E-state index contributed by atoms with van der Waals surface area (Å²) >= 11 is 0. The van der Waals surface area contributed by atoms with Gasteiger partial charge in [0.2, 0.25) is 0 Å². The Bertz CT molecular complexity index is 633. The Balaban J connectivity index is 2.29. The van der Waals surface area contributed by atoms with Crippen molar-refractivity contribution in [1.29, 1.82) is 0 Å². The van der Waals surface area contributed by atoms with Crippen molar-refractivity contribution in [1.82, 2.24) is 9.13 Å². The molecule has 0 radical (unpaired) electrons. The molecular weight excluding hydrogens is 236 g/mol. The molecule has 0 aliphatic carbocycles. The van der Waals surface area contributed by atoms with Crippen molar-refractivity contribution >= 4 is 5.97 Å². The van der Waals surface area contributed by atoms with Crippen LogP contribution < -0.4 is 5.69 Å². The number of aromatic carboxylic acids is 1. The number of imidazole rings is 1.